The van der Waals surface area contributed by atoms with Crippen molar-refractivity contribution in [3.63, 3.8) is 0 Å². The summed E-state index contributed by atoms with van der Waals surface area (Å²) in [5.41, 5.74) is 0.880. The molecule has 0 aliphatic carbocycles. The van der Waals surface area contributed by atoms with Gasteiger partial charge in [0.15, 0.2) is 0 Å². The fraction of sp³-hybridized carbons (Fsp3) is 0.300. The molecule has 3 heteroatoms. The van der Waals surface area contributed by atoms with Gasteiger partial charge in [0.25, 0.3) is 5.91 Å². The predicted octanol–water partition coefficient (Wildman–Crippen LogP) is 4.15. The summed E-state index contributed by atoms with van der Waals surface area (Å²) in [4.78, 5) is 19.9. The fourth-order valence-electron chi connectivity index (χ4n) is 2.83. The molecule has 0 saturated carbocycles. The average Bonchev–Trinajstić information content (AvgIpc) is 2.74. The van der Waals surface area contributed by atoms with Gasteiger partial charge in [0.2, 0.25) is 0 Å². The fourth-order valence-corrected chi connectivity index (χ4v) is 2.83. The highest BCUT2D eigenvalue weighted by Crippen LogP contribution is 2.40. The number of carbonyl (C=O) groups excluding carboxylic acids is 1. The van der Waals surface area contributed by atoms with Gasteiger partial charge in [-0.1, -0.05) is 48.5 Å². The zero-order valence-electron chi connectivity index (χ0n) is 14.1. The topological polar surface area (TPSA) is 32.7 Å². The van der Waals surface area contributed by atoms with Gasteiger partial charge in [0.05, 0.1) is 11.1 Å². The van der Waals surface area contributed by atoms with Crippen molar-refractivity contribution >= 4 is 11.7 Å². The van der Waals surface area contributed by atoms with Crippen LogP contribution in [0.15, 0.2) is 65.7 Å². The third-order valence-electron chi connectivity index (χ3n) is 4.91. The number of hydrogen-bond donors (Lipinski definition) is 0. The second-order valence-electron chi connectivity index (χ2n) is 6.93. The number of amides is 1. The molecule has 0 radical (unpaired) electrons. The number of rotatable bonds is 2. The second kappa shape index (κ2) is 5.34. The molecule has 1 amide bonds. The number of benzene rings is 2. The lowest BCUT2D eigenvalue weighted by atomic mass is 9.83. The Kier molecular flexibility index (Phi) is 3.59. The van der Waals surface area contributed by atoms with Crippen molar-refractivity contribution in [3.05, 3.63) is 71.8 Å². The third-order valence-corrected chi connectivity index (χ3v) is 4.91. The summed E-state index contributed by atoms with van der Waals surface area (Å²) < 4.78 is 0. The molecule has 1 aliphatic rings. The van der Waals surface area contributed by atoms with Crippen molar-refractivity contribution in [1.29, 1.82) is 0 Å². The normalized spacial score (nSPS) is 18.6. The molecular formula is C20H22N2O. The van der Waals surface area contributed by atoms with Crippen molar-refractivity contribution < 1.29 is 4.79 Å². The van der Waals surface area contributed by atoms with Gasteiger partial charge >= 0.3 is 0 Å². The highest BCUT2D eigenvalue weighted by atomic mass is 16.2. The van der Waals surface area contributed by atoms with Gasteiger partial charge in [-0.25, -0.2) is 0 Å². The predicted molar refractivity (Wildman–Crippen MR) is 93.7 cm³/mol. The van der Waals surface area contributed by atoms with Gasteiger partial charge in [0, 0.05) is 11.1 Å². The number of amidine groups is 1. The lowest BCUT2D eigenvalue weighted by Gasteiger charge is -2.40. The Hall–Kier alpha value is -2.42. The van der Waals surface area contributed by atoms with Crippen LogP contribution in [-0.2, 0) is 0 Å². The first-order chi connectivity index (χ1) is 10.8. The summed E-state index contributed by atoms with van der Waals surface area (Å²) in [7, 11) is 0. The molecule has 23 heavy (non-hydrogen) atoms. The molecule has 2 aromatic carbocycles. The molecule has 0 fully saturated rings. The molecule has 0 unspecified atom stereocenters. The van der Waals surface area contributed by atoms with E-state index in [1.54, 1.807) is 0 Å². The van der Waals surface area contributed by atoms with Crippen LogP contribution < -0.4 is 0 Å². The molecule has 3 nitrogen and oxygen atoms in total. The van der Waals surface area contributed by atoms with E-state index in [0.29, 0.717) is 5.56 Å². The highest BCUT2D eigenvalue weighted by Gasteiger charge is 2.51. The second-order valence-corrected chi connectivity index (χ2v) is 6.93. The first kappa shape index (κ1) is 15.5. The Morgan fingerprint density at radius 3 is 1.96 bits per heavy atom. The van der Waals surface area contributed by atoms with Crippen LogP contribution in [0, 0.1) is 0 Å². The molecule has 1 heterocycles. The molecule has 0 saturated heterocycles. The van der Waals surface area contributed by atoms with E-state index in [9.17, 15) is 4.79 Å². The number of nitrogens with zero attached hydrogens (tertiary/aromatic N) is 2. The van der Waals surface area contributed by atoms with Crippen LogP contribution in [0.3, 0.4) is 0 Å². The Bertz CT molecular complexity index is 746. The van der Waals surface area contributed by atoms with Crippen LogP contribution in [0.4, 0.5) is 0 Å². The first-order valence-corrected chi connectivity index (χ1v) is 7.89. The smallest absolute Gasteiger partial charge is 0.260 e. The largest absolute Gasteiger partial charge is 0.284 e. The van der Waals surface area contributed by atoms with Crippen molar-refractivity contribution in [3.8, 4) is 0 Å². The summed E-state index contributed by atoms with van der Waals surface area (Å²) in [6.07, 6.45) is 0. The van der Waals surface area contributed by atoms with Crippen LogP contribution in [-0.4, -0.2) is 27.7 Å². The highest BCUT2D eigenvalue weighted by molar-refractivity contribution is 6.14. The lowest BCUT2D eigenvalue weighted by Crippen LogP contribution is -2.55. The van der Waals surface area contributed by atoms with E-state index in [2.05, 4.69) is 27.7 Å². The van der Waals surface area contributed by atoms with E-state index in [4.69, 9.17) is 4.99 Å². The average molecular weight is 306 g/mol. The van der Waals surface area contributed by atoms with Crippen molar-refractivity contribution in [2.24, 2.45) is 4.99 Å². The summed E-state index contributed by atoms with van der Waals surface area (Å²) >= 11 is 0. The third kappa shape index (κ3) is 2.46. The lowest BCUT2D eigenvalue weighted by molar-refractivity contribution is 0.0683. The van der Waals surface area contributed by atoms with Gasteiger partial charge < -0.3 is 0 Å². The maximum absolute atomic E-state index is 13.2. The molecule has 3 rings (SSSR count). The molecule has 1 aliphatic heterocycles. The van der Waals surface area contributed by atoms with E-state index < -0.39 is 5.54 Å². The number of hydrogen-bond acceptors (Lipinski definition) is 2. The Morgan fingerprint density at radius 1 is 0.870 bits per heavy atom. The molecule has 0 N–H and O–H groups in total. The summed E-state index contributed by atoms with van der Waals surface area (Å²) in [5, 5.41) is 0. The molecule has 0 spiro atoms. The first-order valence-electron chi connectivity index (χ1n) is 7.89. The minimum Gasteiger partial charge on any atom is -0.284 e. The summed E-state index contributed by atoms with van der Waals surface area (Å²) in [6.45, 7) is 8.31. The maximum Gasteiger partial charge on any atom is 0.260 e. The van der Waals surface area contributed by atoms with Crippen LogP contribution >= 0.6 is 0 Å². The van der Waals surface area contributed by atoms with Crippen molar-refractivity contribution in [1.82, 2.24) is 4.90 Å². The Morgan fingerprint density at radius 2 is 1.39 bits per heavy atom. The van der Waals surface area contributed by atoms with Crippen LogP contribution in [0.25, 0.3) is 0 Å². The molecular weight excluding hydrogens is 284 g/mol. The number of aliphatic imine (C=N–C) groups is 1. The van der Waals surface area contributed by atoms with E-state index in [1.807, 2.05) is 65.6 Å². The molecule has 0 bridgehead atoms. The minimum atomic E-state index is -0.412. The molecule has 0 atom stereocenters. The summed E-state index contributed by atoms with van der Waals surface area (Å²) in [5.74, 6) is 0.734. The molecule has 118 valence electrons. The monoisotopic (exact) mass is 306 g/mol. The van der Waals surface area contributed by atoms with E-state index in [-0.39, 0.29) is 11.4 Å². The maximum atomic E-state index is 13.2. The minimum absolute atomic E-state index is 0.0104. The van der Waals surface area contributed by atoms with Gasteiger partial charge in [0.1, 0.15) is 5.84 Å². The SMILES string of the molecule is CC1(C)N=C(c2ccccc2)N(C(=O)c2ccccc2)C1(C)C. The zero-order chi connectivity index (χ0) is 16.7. The van der Waals surface area contributed by atoms with Gasteiger partial charge in [-0.15, -0.1) is 0 Å². The van der Waals surface area contributed by atoms with Gasteiger partial charge in [-0.2, -0.15) is 0 Å². The Balaban J connectivity index is 2.12. The van der Waals surface area contributed by atoms with Crippen molar-refractivity contribution in [2.45, 2.75) is 38.8 Å². The van der Waals surface area contributed by atoms with Gasteiger partial charge in [-0.3, -0.25) is 14.7 Å². The zero-order valence-corrected chi connectivity index (χ0v) is 14.1. The van der Waals surface area contributed by atoms with Crippen molar-refractivity contribution in [2.75, 3.05) is 0 Å². The van der Waals surface area contributed by atoms with Crippen LogP contribution in [0.1, 0.15) is 43.6 Å². The van der Waals surface area contributed by atoms with E-state index in [0.717, 1.165) is 11.4 Å². The molecule has 2 aromatic rings. The Labute approximate surface area is 137 Å². The van der Waals surface area contributed by atoms with Gasteiger partial charge in [-0.05, 0) is 39.8 Å². The molecule has 0 aromatic heterocycles. The quantitative estimate of drug-likeness (QED) is 0.820. The standard InChI is InChI=1S/C20H22N2O/c1-19(2)20(3,4)22(18(23)16-13-9-6-10-14-16)17(21-19)15-11-7-5-8-12-15/h5-14H,1-4H3. The van der Waals surface area contributed by atoms with Crippen LogP contribution in [0.5, 0.6) is 0 Å². The van der Waals surface area contributed by atoms with E-state index in [1.165, 1.54) is 0 Å². The van der Waals surface area contributed by atoms with Crippen LogP contribution in [0.2, 0.25) is 0 Å². The summed E-state index contributed by atoms with van der Waals surface area (Å²) in [6, 6.07) is 19.3. The van der Waals surface area contributed by atoms with E-state index >= 15 is 0 Å². The number of carbonyl (C=O) groups is 1.